The molecule has 184 valence electrons. The maximum Gasteiger partial charge on any atom is 0.416 e. The van der Waals surface area contributed by atoms with Crippen LogP contribution in [0.5, 0.6) is 11.6 Å². The van der Waals surface area contributed by atoms with Crippen LogP contribution in [0.3, 0.4) is 0 Å². The highest BCUT2D eigenvalue weighted by Gasteiger charge is 2.31. The van der Waals surface area contributed by atoms with Crippen molar-refractivity contribution in [1.29, 1.82) is 0 Å². The van der Waals surface area contributed by atoms with Crippen molar-refractivity contribution in [3.05, 3.63) is 77.0 Å². The average molecular weight is 490 g/mol. The molecule has 0 aliphatic carbocycles. The molecule has 0 aliphatic rings. The smallest absolute Gasteiger partial charge is 0.416 e. The van der Waals surface area contributed by atoms with Crippen molar-refractivity contribution in [2.75, 3.05) is 11.9 Å². The molecule has 0 fully saturated rings. The van der Waals surface area contributed by atoms with Crippen molar-refractivity contribution < 1.29 is 38.1 Å². The van der Waals surface area contributed by atoms with Crippen molar-refractivity contribution in [3.8, 4) is 11.6 Å². The zero-order valence-corrected chi connectivity index (χ0v) is 18.1. The molecule has 35 heavy (non-hydrogen) atoms. The first-order valence-corrected chi connectivity index (χ1v) is 10.3. The van der Waals surface area contributed by atoms with Gasteiger partial charge in [0.1, 0.15) is 6.04 Å². The molecule has 1 heterocycles. The van der Waals surface area contributed by atoms with Gasteiger partial charge in [-0.2, -0.15) is 18.2 Å². The zero-order valence-electron chi connectivity index (χ0n) is 18.1. The molecular weight excluding hydrogens is 469 g/mol. The molecule has 2 aromatic carbocycles. The summed E-state index contributed by atoms with van der Waals surface area (Å²) in [5, 5.41) is 34.3. The number of alkyl halides is 3. The van der Waals surface area contributed by atoms with E-state index >= 15 is 0 Å². The van der Waals surface area contributed by atoms with Crippen molar-refractivity contribution >= 4 is 17.8 Å². The van der Waals surface area contributed by atoms with Gasteiger partial charge in [-0.25, -0.2) is 9.78 Å². The van der Waals surface area contributed by atoms with Gasteiger partial charge >= 0.3 is 12.1 Å². The van der Waals surface area contributed by atoms with E-state index in [2.05, 4.69) is 20.6 Å². The molecule has 3 aromatic rings. The van der Waals surface area contributed by atoms with Gasteiger partial charge in [0.25, 0.3) is 11.8 Å². The summed E-state index contributed by atoms with van der Waals surface area (Å²) < 4.78 is 38.9. The Hall–Kier alpha value is -4.35. The number of carbonyl (C=O) groups excluding carboxylic acids is 1. The highest BCUT2D eigenvalue weighted by molar-refractivity contribution is 5.95. The topological polar surface area (TPSA) is 145 Å². The van der Waals surface area contributed by atoms with E-state index in [1.807, 2.05) is 30.3 Å². The lowest BCUT2D eigenvalue weighted by atomic mass is 10.0. The van der Waals surface area contributed by atoms with Gasteiger partial charge in [0.05, 0.1) is 5.56 Å². The second-order valence-electron chi connectivity index (χ2n) is 7.50. The van der Waals surface area contributed by atoms with Crippen LogP contribution >= 0.6 is 0 Å². The molecule has 1 aromatic heterocycles. The fourth-order valence-corrected chi connectivity index (χ4v) is 3.18. The Morgan fingerprint density at radius 1 is 0.971 bits per heavy atom. The highest BCUT2D eigenvalue weighted by Crippen LogP contribution is 2.30. The summed E-state index contributed by atoms with van der Waals surface area (Å²) in [5.74, 6) is -4.67. The van der Waals surface area contributed by atoms with E-state index in [1.165, 1.54) is 6.07 Å². The second kappa shape index (κ2) is 10.7. The Balaban J connectivity index is 1.74. The van der Waals surface area contributed by atoms with Crippen molar-refractivity contribution in [2.24, 2.45) is 0 Å². The summed E-state index contributed by atoms with van der Waals surface area (Å²) in [7, 11) is 0. The molecule has 1 amide bonds. The molecule has 3 rings (SSSR count). The third-order valence-electron chi connectivity index (χ3n) is 4.92. The molecule has 0 radical (unpaired) electrons. The lowest BCUT2D eigenvalue weighted by Crippen LogP contribution is -2.33. The minimum Gasteiger partial charge on any atom is -0.501 e. The number of carboxylic acids is 1. The first-order valence-electron chi connectivity index (χ1n) is 10.3. The monoisotopic (exact) mass is 490 g/mol. The number of hydrogen-bond donors (Lipinski definition) is 5. The number of aromatic hydroxyl groups is 2. The average Bonchev–Trinajstić information content (AvgIpc) is 2.81. The standard InChI is InChI=1S/C23H21F3N4O5/c24-23(25,26)15-8-4-7-14(11-15)12-16(21(34)35)28-22-29-17(18(31)20(33)30-22)19(32)27-10-9-13-5-2-1-3-6-13/h1-8,11,16,31H,9-10,12H2,(H,27,32)(H,34,35)(H2,28,29,30,33)/t16-/m0/s1. The first kappa shape index (κ1) is 25.3. The van der Waals surface area contributed by atoms with Gasteiger partial charge in [0.2, 0.25) is 11.7 Å². The summed E-state index contributed by atoms with van der Waals surface area (Å²) in [6.07, 6.45) is -4.51. The third-order valence-corrected chi connectivity index (χ3v) is 4.92. The Morgan fingerprint density at radius 2 is 1.66 bits per heavy atom. The number of aromatic nitrogens is 2. The number of nitrogens with zero attached hydrogens (tertiary/aromatic N) is 2. The van der Waals surface area contributed by atoms with E-state index < -0.39 is 52.9 Å². The molecule has 9 nitrogen and oxygen atoms in total. The number of rotatable bonds is 9. The SMILES string of the molecule is O=C(NCCc1ccccc1)c1nc(N[C@@H](Cc2cccc(C(F)(F)F)c2)C(=O)O)nc(O)c1O. The molecule has 0 saturated heterocycles. The van der Waals surface area contributed by atoms with Crippen LogP contribution in [0.15, 0.2) is 54.6 Å². The minimum atomic E-state index is -4.60. The first-order chi connectivity index (χ1) is 16.5. The van der Waals surface area contributed by atoms with Crippen LogP contribution in [0.1, 0.15) is 27.2 Å². The Morgan fingerprint density at radius 3 is 2.31 bits per heavy atom. The van der Waals surface area contributed by atoms with E-state index in [9.17, 15) is 38.1 Å². The fourth-order valence-electron chi connectivity index (χ4n) is 3.18. The summed E-state index contributed by atoms with van der Waals surface area (Å²) in [4.78, 5) is 31.5. The summed E-state index contributed by atoms with van der Waals surface area (Å²) in [5.41, 5.74) is -0.520. The molecule has 0 spiro atoms. The molecule has 0 aliphatic heterocycles. The number of nitrogens with one attached hydrogen (secondary N) is 2. The van der Waals surface area contributed by atoms with Crippen LogP contribution in [0, 0.1) is 0 Å². The van der Waals surface area contributed by atoms with Crippen LogP contribution in [0.25, 0.3) is 0 Å². The zero-order chi connectivity index (χ0) is 25.6. The van der Waals surface area contributed by atoms with Gasteiger partial charge in [0.15, 0.2) is 5.69 Å². The van der Waals surface area contributed by atoms with Gasteiger partial charge in [0, 0.05) is 13.0 Å². The fraction of sp³-hybridized carbons (Fsp3) is 0.217. The minimum absolute atomic E-state index is 0.0709. The summed E-state index contributed by atoms with van der Waals surface area (Å²) in [6, 6.07) is 11.9. The van der Waals surface area contributed by atoms with Crippen LogP contribution in [-0.4, -0.2) is 49.8 Å². The Kier molecular flexibility index (Phi) is 7.74. The van der Waals surface area contributed by atoms with E-state index in [4.69, 9.17) is 0 Å². The number of aliphatic carboxylic acids is 1. The lowest BCUT2D eigenvalue weighted by molar-refractivity contribution is -0.138. The third kappa shape index (κ3) is 6.82. The van der Waals surface area contributed by atoms with E-state index in [1.54, 1.807) is 0 Å². The van der Waals surface area contributed by atoms with Gasteiger partial charge < -0.3 is 26.0 Å². The maximum atomic E-state index is 13.0. The second-order valence-corrected chi connectivity index (χ2v) is 7.50. The number of amides is 1. The normalized spacial score (nSPS) is 12.1. The maximum absolute atomic E-state index is 13.0. The van der Waals surface area contributed by atoms with Gasteiger partial charge in [-0.05, 0) is 23.6 Å². The van der Waals surface area contributed by atoms with Crippen LogP contribution in [0.2, 0.25) is 0 Å². The molecule has 0 bridgehead atoms. The number of carboxylic acid groups (broad SMARTS) is 1. The van der Waals surface area contributed by atoms with Gasteiger partial charge in [-0.15, -0.1) is 0 Å². The largest absolute Gasteiger partial charge is 0.501 e. The van der Waals surface area contributed by atoms with Crippen molar-refractivity contribution in [1.82, 2.24) is 15.3 Å². The summed E-state index contributed by atoms with van der Waals surface area (Å²) in [6.45, 7) is 0.184. The molecular formula is C23H21F3N4O5. The predicted octanol–water partition coefficient (Wildman–Crippen LogP) is 2.99. The molecule has 12 heteroatoms. The predicted molar refractivity (Wildman–Crippen MR) is 118 cm³/mol. The number of anilines is 1. The number of halogens is 3. The summed E-state index contributed by atoms with van der Waals surface area (Å²) >= 11 is 0. The molecule has 5 N–H and O–H groups in total. The Bertz CT molecular complexity index is 1210. The number of hydrogen-bond acceptors (Lipinski definition) is 7. The van der Waals surface area contributed by atoms with Crippen molar-refractivity contribution in [2.45, 2.75) is 25.1 Å². The Labute approximate surface area is 197 Å². The van der Waals surface area contributed by atoms with Crippen LogP contribution in [0.4, 0.5) is 19.1 Å². The number of benzene rings is 2. The number of carbonyl (C=O) groups is 2. The van der Waals surface area contributed by atoms with E-state index in [-0.39, 0.29) is 18.5 Å². The molecule has 0 unspecified atom stereocenters. The molecule has 1 atom stereocenters. The van der Waals surface area contributed by atoms with E-state index in [0.29, 0.717) is 6.42 Å². The van der Waals surface area contributed by atoms with E-state index in [0.717, 1.165) is 23.8 Å². The lowest BCUT2D eigenvalue weighted by Gasteiger charge is -2.16. The highest BCUT2D eigenvalue weighted by atomic mass is 19.4. The quantitative estimate of drug-likeness (QED) is 0.308. The van der Waals surface area contributed by atoms with Crippen LogP contribution in [-0.2, 0) is 23.8 Å². The van der Waals surface area contributed by atoms with Crippen LogP contribution < -0.4 is 10.6 Å². The molecule has 0 saturated carbocycles. The van der Waals surface area contributed by atoms with Gasteiger partial charge in [-0.3, -0.25) is 4.79 Å². The van der Waals surface area contributed by atoms with Crippen molar-refractivity contribution in [3.63, 3.8) is 0 Å². The van der Waals surface area contributed by atoms with Gasteiger partial charge in [-0.1, -0.05) is 48.5 Å².